The predicted octanol–water partition coefficient (Wildman–Crippen LogP) is 1.85. The van der Waals surface area contributed by atoms with Gasteiger partial charge >= 0.3 is 0 Å². The lowest BCUT2D eigenvalue weighted by molar-refractivity contribution is 0.534. The van der Waals surface area contributed by atoms with Crippen LogP contribution in [-0.2, 0) is 5.41 Å². The first-order chi connectivity index (χ1) is 6.07. The fourth-order valence-electron chi connectivity index (χ4n) is 1.14. The van der Waals surface area contributed by atoms with E-state index in [4.69, 9.17) is 0 Å². The molecule has 3 heteroatoms. The van der Waals surface area contributed by atoms with Crippen LogP contribution in [0.2, 0.25) is 0 Å². The van der Waals surface area contributed by atoms with Crippen LogP contribution in [-0.4, -0.2) is 15.0 Å². The molecule has 0 bridgehead atoms. The van der Waals surface area contributed by atoms with Crippen LogP contribution in [0.5, 0.6) is 0 Å². The SMILES string of the molecule is CC(C)(C)c1n[c]nc(C2CC2)n1. The predicted molar refractivity (Wildman–Crippen MR) is 49.3 cm³/mol. The summed E-state index contributed by atoms with van der Waals surface area (Å²) in [6, 6.07) is 0. The van der Waals surface area contributed by atoms with Gasteiger partial charge in [0, 0.05) is 11.3 Å². The van der Waals surface area contributed by atoms with Gasteiger partial charge in [-0.15, -0.1) is 0 Å². The van der Waals surface area contributed by atoms with Crippen molar-refractivity contribution in [2.45, 2.75) is 44.9 Å². The van der Waals surface area contributed by atoms with Crippen molar-refractivity contribution in [3.8, 4) is 0 Å². The molecule has 0 spiro atoms. The Morgan fingerprint density at radius 3 is 2.46 bits per heavy atom. The molecule has 69 valence electrons. The minimum absolute atomic E-state index is 0.00306. The average Bonchev–Trinajstić information content (AvgIpc) is 2.85. The minimum atomic E-state index is 0.00306. The highest BCUT2D eigenvalue weighted by atomic mass is 15.0. The largest absolute Gasteiger partial charge is 0.217 e. The van der Waals surface area contributed by atoms with Crippen LogP contribution in [0.3, 0.4) is 0 Å². The normalized spacial score (nSPS) is 17.5. The molecule has 1 aromatic heterocycles. The van der Waals surface area contributed by atoms with E-state index in [1.807, 2.05) is 0 Å². The molecule has 0 unspecified atom stereocenters. The Morgan fingerprint density at radius 1 is 1.23 bits per heavy atom. The van der Waals surface area contributed by atoms with Gasteiger partial charge in [-0.1, -0.05) is 20.8 Å². The molecule has 1 radical (unpaired) electrons. The molecule has 0 aliphatic heterocycles. The third-order valence-corrected chi connectivity index (χ3v) is 2.15. The third-order valence-electron chi connectivity index (χ3n) is 2.15. The van der Waals surface area contributed by atoms with E-state index in [0.717, 1.165) is 11.6 Å². The second kappa shape index (κ2) is 2.76. The number of rotatable bonds is 1. The molecule has 1 aromatic rings. The smallest absolute Gasteiger partial charge is 0.201 e. The highest BCUT2D eigenvalue weighted by Crippen LogP contribution is 2.38. The topological polar surface area (TPSA) is 38.7 Å². The van der Waals surface area contributed by atoms with Crippen LogP contribution in [0.25, 0.3) is 0 Å². The van der Waals surface area contributed by atoms with Gasteiger partial charge in [-0.05, 0) is 12.8 Å². The van der Waals surface area contributed by atoms with E-state index in [9.17, 15) is 0 Å². The van der Waals surface area contributed by atoms with E-state index in [2.05, 4.69) is 42.1 Å². The van der Waals surface area contributed by atoms with Crippen molar-refractivity contribution in [3.63, 3.8) is 0 Å². The van der Waals surface area contributed by atoms with Crippen LogP contribution in [0.4, 0.5) is 0 Å². The Kier molecular flexibility index (Phi) is 1.82. The summed E-state index contributed by atoms with van der Waals surface area (Å²) >= 11 is 0. The van der Waals surface area contributed by atoms with Crippen molar-refractivity contribution >= 4 is 0 Å². The van der Waals surface area contributed by atoms with Crippen LogP contribution in [0, 0.1) is 6.33 Å². The molecule has 0 N–H and O–H groups in total. The van der Waals surface area contributed by atoms with Crippen molar-refractivity contribution in [2.75, 3.05) is 0 Å². The summed E-state index contributed by atoms with van der Waals surface area (Å²) in [7, 11) is 0. The summed E-state index contributed by atoms with van der Waals surface area (Å²) in [4.78, 5) is 12.6. The maximum absolute atomic E-state index is 4.45. The lowest BCUT2D eigenvalue weighted by Gasteiger charge is -2.15. The first-order valence-corrected chi connectivity index (χ1v) is 4.70. The average molecular weight is 176 g/mol. The van der Waals surface area contributed by atoms with Gasteiger partial charge in [-0.3, -0.25) is 0 Å². The van der Waals surface area contributed by atoms with E-state index in [1.54, 1.807) is 0 Å². The zero-order valence-corrected chi connectivity index (χ0v) is 8.33. The van der Waals surface area contributed by atoms with Gasteiger partial charge < -0.3 is 0 Å². The van der Waals surface area contributed by atoms with Crippen molar-refractivity contribution in [1.29, 1.82) is 0 Å². The molecule has 1 fully saturated rings. The number of aromatic nitrogens is 3. The molecule has 1 aliphatic carbocycles. The van der Waals surface area contributed by atoms with Crippen LogP contribution >= 0.6 is 0 Å². The summed E-state index contributed by atoms with van der Waals surface area (Å²) in [6.07, 6.45) is 5.14. The van der Waals surface area contributed by atoms with E-state index >= 15 is 0 Å². The van der Waals surface area contributed by atoms with E-state index in [0.29, 0.717) is 5.92 Å². The molecule has 2 rings (SSSR count). The molecular weight excluding hydrogens is 162 g/mol. The molecule has 1 heterocycles. The Hall–Kier alpha value is -0.990. The van der Waals surface area contributed by atoms with E-state index in [1.165, 1.54) is 12.8 Å². The van der Waals surface area contributed by atoms with Crippen molar-refractivity contribution in [1.82, 2.24) is 15.0 Å². The Balaban J connectivity index is 2.32. The van der Waals surface area contributed by atoms with Crippen molar-refractivity contribution in [3.05, 3.63) is 18.0 Å². The molecule has 3 nitrogen and oxygen atoms in total. The summed E-state index contributed by atoms with van der Waals surface area (Å²) in [5, 5.41) is 0. The van der Waals surface area contributed by atoms with Gasteiger partial charge in [0.15, 0.2) is 0 Å². The standard InChI is InChI=1S/C10H14N3/c1-10(2,3)9-12-6-11-8(13-9)7-4-5-7/h7H,4-5H2,1-3H3. The van der Waals surface area contributed by atoms with Crippen molar-refractivity contribution < 1.29 is 0 Å². The lowest BCUT2D eigenvalue weighted by atomic mass is 9.96. The van der Waals surface area contributed by atoms with Gasteiger partial charge in [-0.2, -0.15) is 0 Å². The number of hydrogen-bond donors (Lipinski definition) is 0. The van der Waals surface area contributed by atoms with Gasteiger partial charge in [0.05, 0.1) is 0 Å². The third kappa shape index (κ3) is 1.85. The number of hydrogen-bond acceptors (Lipinski definition) is 3. The van der Waals surface area contributed by atoms with Gasteiger partial charge in [0.2, 0.25) is 6.33 Å². The molecule has 13 heavy (non-hydrogen) atoms. The second-order valence-corrected chi connectivity index (χ2v) is 4.64. The first-order valence-electron chi connectivity index (χ1n) is 4.70. The fraction of sp³-hybridized carbons (Fsp3) is 0.700. The van der Waals surface area contributed by atoms with Gasteiger partial charge in [0.1, 0.15) is 11.6 Å². The summed E-state index contributed by atoms with van der Waals surface area (Å²) < 4.78 is 0. The molecule has 1 aliphatic rings. The Bertz CT molecular complexity index is 310. The highest BCUT2D eigenvalue weighted by Gasteiger charge is 2.28. The summed E-state index contributed by atoms with van der Waals surface area (Å²) in [5.41, 5.74) is 0.00306. The van der Waals surface area contributed by atoms with Crippen LogP contribution < -0.4 is 0 Å². The first kappa shape index (κ1) is 8.60. The second-order valence-electron chi connectivity index (χ2n) is 4.64. The molecule has 0 atom stereocenters. The molecular formula is C10H14N3. The monoisotopic (exact) mass is 176 g/mol. The van der Waals surface area contributed by atoms with Crippen molar-refractivity contribution in [2.24, 2.45) is 0 Å². The maximum Gasteiger partial charge on any atom is 0.201 e. The summed E-state index contributed by atoms with van der Waals surface area (Å²) in [5.74, 6) is 2.37. The maximum atomic E-state index is 4.45. The fourth-order valence-corrected chi connectivity index (χ4v) is 1.14. The Morgan fingerprint density at radius 2 is 1.92 bits per heavy atom. The zero-order valence-electron chi connectivity index (χ0n) is 8.33. The molecule has 0 aromatic carbocycles. The minimum Gasteiger partial charge on any atom is -0.217 e. The Labute approximate surface area is 78.6 Å². The van der Waals surface area contributed by atoms with Crippen LogP contribution in [0.1, 0.15) is 51.2 Å². The quantitative estimate of drug-likeness (QED) is 0.655. The molecule has 0 amide bonds. The van der Waals surface area contributed by atoms with Gasteiger partial charge in [0.25, 0.3) is 0 Å². The summed E-state index contributed by atoms with van der Waals surface area (Å²) in [6.45, 7) is 6.31. The zero-order chi connectivity index (χ0) is 9.47. The van der Waals surface area contributed by atoms with Gasteiger partial charge in [-0.25, -0.2) is 15.0 Å². The lowest BCUT2D eigenvalue weighted by Crippen LogP contribution is -2.17. The van der Waals surface area contributed by atoms with E-state index in [-0.39, 0.29) is 5.41 Å². The highest BCUT2D eigenvalue weighted by molar-refractivity contribution is 5.08. The van der Waals surface area contributed by atoms with Crippen LogP contribution in [0.15, 0.2) is 0 Å². The van der Waals surface area contributed by atoms with E-state index < -0.39 is 0 Å². The molecule has 1 saturated carbocycles. The number of nitrogens with zero attached hydrogens (tertiary/aromatic N) is 3. The molecule has 0 saturated heterocycles.